The number of hydrogen-bond acceptors (Lipinski definition) is 7. The summed E-state index contributed by atoms with van der Waals surface area (Å²) in [6.07, 6.45) is -4.25. The number of aliphatic hydroxyl groups excluding tert-OH is 4. The Morgan fingerprint density at radius 3 is 2.41 bits per heavy atom. The predicted octanol–water partition coefficient (Wildman–Crippen LogP) is -0.563. The first-order valence-corrected chi connectivity index (χ1v) is 6.97. The molecule has 120 valence electrons. The topological polar surface area (TPSA) is 133 Å². The van der Waals surface area contributed by atoms with Gasteiger partial charge in [0.05, 0.1) is 17.6 Å². The van der Waals surface area contributed by atoms with Gasteiger partial charge in [0.2, 0.25) is 0 Å². The Labute approximate surface area is 125 Å². The number of aliphatic hydroxyl groups is 4. The number of benzene rings is 1. The highest BCUT2D eigenvalue weighted by Gasteiger charge is 2.69. The molecular formula is C14H17NO7. The Bertz CT molecular complexity index is 577. The van der Waals surface area contributed by atoms with Crippen LogP contribution in [0.25, 0.3) is 0 Å². The minimum absolute atomic E-state index is 0.0804. The normalized spacial score (nSPS) is 39.9. The third-order valence-corrected chi connectivity index (χ3v) is 4.79. The lowest BCUT2D eigenvalue weighted by atomic mass is 9.80. The fourth-order valence-corrected chi connectivity index (χ4v) is 3.32. The number of hydrogen-bond donors (Lipinski definition) is 4. The predicted molar refractivity (Wildman–Crippen MR) is 73.2 cm³/mol. The van der Waals surface area contributed by atoms with Gasteiger partial charge in [-0.15, -0.1) is 0 Å². The van der Waals surface area contributed by atoms with E-state index in [0.717, 1.165) is 0 Å². The van der Waals surface area contributed by atoms with Crippen LogP contribution < -0.4 is 4.74 Å². The van der Waals surface area contributed by atoms with Crippen LogP contribution >= 0.6 is 0 Å². The van der Waals surface area contributed by atoms with Crippen LogP contribution in [0.5, 0.6) is 5.75 Å². The molecule has 8 heteroatoms. The summed E-state index contributed by atoms with van der Waals surface area (Å²) in [7, 11) is 0. The SMILES string of the molecule is O=[N+]([O-])c1ccc(O[C@@H]2[C@H](O)[C@@H](O)[C@H](O)[C@]3(CO)C[C@H]23)cc1. The van der Waals surface area contributed by atoms with E-state index in [-0.39, 0.29) is 18.2 Å². The molecule has 0 aliphatic heterocycles. The van der Waals surface area contributed by atoms with E-state index < -0.39 is 34.8 Å². The highest BCUT2D eigenvalue weighted by atomic mass is 16.6. The summed E-state index contributed by atoms with van der Waals surface area (Å²) in [5, 5.41) is 50.1. The molecule has 4 N–H and O–H groups in total. The highest BCUT2D eigenvalue weighted by Crippen LogP contribution is 2.61. The average Bonchev–Trinajstić information content (AvgIpc) is 3.26. The second-order valence-corrected chi connectivity index (χ2v) is 5.96. The lowest BCUT2D eigenvalue weighted by Gasteiger charge is -2.39. The molecule has 1 aromatic rings. The number of nitro groups is 1. The average molecular weight is 311 g/mol. The van der Waals surface area contributed by atoms with Gasteiger partial charge in [0.15, 0.2) is 0 Å². The van der Waals surface area contributed by atoms with Gasteiger partial charge in [-0.25, -0.2) is 0 Å². The molecule has 2 fully saturated rings. The van der Waals surface area contributed by atoms with Gasteiger partial charge in [-0.2, -0.15) is 0 Å². The van der Waals surface area contributed by atoms with Gasteiger partial charge < -0.3 is 25.2 Å². The maximum absolute atomic E-state index is 10.6. The Hall–Kier alpha value is -1.74. The number of fused-ring (bicyclic) bond motifs is 1. The minimum atomic E-state index is -1.41. The largest absolute Gasteiger partial charge is 0.487 e. The second-order valence-electron chi connectivity index (χ2n) is 5.96. The lowest BCUT2D eigenvalue weighted by molar-refractivity contribution is -0.384. The van der Waals surface area contributed by atoms with Crippen molar-refractivity contribution < 1.29 is 30.1 Å². The van der Waals surface area contributed by atoms with E-state index in [4.69, 9.17) is 4.74 Å². The zero-order valence-electron chi connectivity index (χ0n) is 11.6. The number of non-ortho nitro benzene ring substituents is 1. The van der Waals surface area contributed by atoms with Crippen LogP contribution in [0, 0.1) is 21.4 Å². The molecule has 22 heavy (non-hydrogen) atoms. The Morgan fingerprint density at radius 1 is 1.23 bits per heavy atom. The van der Waals surface area contributed by atoms with Crippen molar-refractivity contribution in [2.75, 3.05) is 6.61 Å². The standard InChI is InChI=1S/C14H17NO7/c16-6-14-5-9(14)12(10(17)11(18)13(14)19)22-8-3-1-7(2-4-8)15(20)21/h1-4,9-13,16-19H,5-6H2/t9-,10-,11-,12+,13+,14+/m1/s1. The molecule has 8 nitrogen and oxygen atoms in total. The maximum atomic E-state index is 10.6. The molecule has 3 rings (SSSR count). The maximum Gasteiger partial charge on any atom is 0.269 e. The van der Waals surface area contributed by atoms with E-state index in [1.807, 2.05) is 0 Å². The van der Waals surface area contributed by atoms with Crippen molar-refractivity contribution in [2.45, 2.75) is 30.8 Å². The molecular weight excluding hydrogens is 294 g/mol. The van der Waals surface area contributed by atoms with Crippen molar-refractivity contribution in [3.63, 3.8) is 0 Å². The monoisotopic (exact) mass is 311 g/mol. The number of ether oxygens (including phenoxy) is 1. The van der Waals surface area contributed by atoms with Gasteiger partial charge in [-0.3, -0.25) is 10.1 Å². The minimum Gasteiger partial charge on any atom is -0.487 e. The van der Waals surface area contributed by atoms with Crippen LogP contribution in [-0.2, 0) is 0 Å². The molecule has 6 atom stereocenters. The van der Waals surface area contributed by atoms with E-state index in [2.05, 4.69) is 0 Å². The molecule has 0 heterocycles. The van der Waals surface area contributed by atoms with E-state index in [0.29, 0.717) is 12.2 Å². The zero-order chi connectivity index (χ0) is 16.1. The van der Waals surface area contributed by atoms with E-state index in [9.17, 15) is 30.5 Å². The van der Waals surface area contributed by atoms with Crippen molar-refractivity contribution in [3.8, 4) is 5.75 Å². The van der Waals surface area contributed by atoms with Gasteiger partial charge >= 0.3 is 0 Å². The fourth-order valence-electron chi connectivity index (χ4n) is 3.32. The molecule has 0 unspecified atom stereocenters. The fraction of sp³-hybridized carbons (Fsp3) is 0.571. The van der Waals surface area contributed by atoms with Gasteiger partial charge in [0.1, 0.15) is 24.1 Å². The Balaban J connectivity index is 1.78. The van der Waals surface area contributed by atoms with Crippen LogP contribution in [0.2, 0.25) is 0 Å². The van der Waals surface area contributed by atoms with Crippen molar-refractivity contribution in [1.29, 1.82) is 0 Å². The Kier molecular flexibility index (Phi) is 3.56. The van der Waals surface area contributed by atoms with Gasteiger partial charge in [0, 0.05) is 23.5 Å². The quantitative estimate of drug-likeness (QED) is 0.432. The van der Waals surface area contributed by atoms with Gasteiger partial charge in [-0.1, -0.05) is 0 Å². The molecule has 2 aliphatic carbocycles. The molecule has 0 saturated heterocycles. The second kappa shape index (κ2) is 5.17. The summed E-state index contributed by atoms with van der Waals surface area (Å²) in [4.78, 5) is 10.1. The van der Waals surface area contributed by atoms with E-state index >= 15 is 0 Å². The number of nitrogens with zero attached hydrogens (tertiary/aromatic N) is 1. The smallest absolute Gasteiger partial charge is 0.269 e. The van der Waals surface area contributed by atoms with Crippen molar-refractivity contribution in [3.05, 3.63) is 34.4 Å². The van der Waals surface area contributed by atoms with Crippen LogP contribution in [0.1, 0.15) is 6.42 Å². The molecule has 2 aliphatic rings. The molecule has 0 amide bonds. The first-order chi connectivity index (χ1) is 10.4. The summed E-state index contributed by atoms with van der Waals surface area (Å²) in [5.41, 5.74) is -0.924. The Morgan fingerprint density at radius 2 is 1.86 bits per heavy atom. The van der Waals surface area contributed by atoms with Crippen molar-refractivity contribution >= 4 is 5.69 Å². The van der Waals surface area contributed by atoms with E-state index in [1.54, 1.807) is 0 Å². The molecule has 0 radical (unpaired) electrons. The van der Waals surface area contributed by atoms with Gasteiger partial charge in [-0.05, 0) is 18.6 Å². The first-order valence-electron chi connectivity index (χ1n) is 6.97. The van der Waals surface area contributed by atoms with E-state index in [1.165, 1.54) is 24.3 Å². The molecule has 0 spiro atoms. The van der Waals surface area contributed by atoms with Gasteiger partial charge in [0.25, 0.3) is 5.69 Å². The van der Waals surface area contributed by atoms with Crippen LogP contribution in [0.4, 0.5) is 5.69 Å². The summed E-state index contributed by atoms with van der Waals surface area (Å²) >= 11 is 0. The number of rotatable bonds is 4. The summed E-state index contributed by atoms with van der Waals surface area (Å²) in [6.45, 7) is -0.303. The molecule has 0 aromatic heterocycles. The third-order valence-electron chi connectivity index (χ3n) is 4.79. The molecule has 1 aromatic carbocycles. The number of nitro benzene ring substituents is 1. The molecule has 2 saturated carbocycles. The lowest BCUT2D eigenvalue weighted by Crippen LogP contribution is -2.57. The highest BCUT2D eigenvalue weighted by molar-refractivity contribution is 5.36. The summed E-state index contributed by atoms with van der Waals surface area (Å²) in [6, 6.07) is 5.38. The zero-order valence-corrected chi connectivity index (χ0v) is 11.6. The summed E-state index contributed by atoms with van der Waals surface area (Å²) in [5.74, 6) is 0.0399. The van der Waals surface area contributed by atoms with Crippen LogP contribution in [0.15, 0.2) is 24.3 Å². The van der Waals surface area contributed by atoms with Crippen LogP contribution in [0.3, 0.4) is 0 Å². The third kappa shape index (κ3) is 2.15. The van der Waals surface area contributed by atoms with Crippen molar-refractivity contribution in [2.24, 2.45) is 11.3 Å². The van der Waals surface area contributed by atoms with Crippen LogP contribution in [-0.4, -0.2) is 56.4 Å². The summed E-state index contributed by atoms with van der Waals surface area (Å²) < 4.78 is 5.65. The van der Waals surface area contributed by atoms with Crippen molar-refractivity contribution in [1.82, 2.24) is 0 Å². The first kappa shape index (κ1) is 15.2. The molecule has 0 bridgehead atoms.